The van der Waals surface area contributed by atoms with Crippen LogP contribution in [0.15, 0.2) is 0 Å². The van der Waals surface area contributed by atoms with Crippen LogP contribution < -0.4 is 5.32 Å². The van der Waals surface area contributed by atoms with Gasteiger partial charge in [-0.3, -0.25) is 4.79 Å². The highest BCUT2D eigenvalue weighted by molar-refractivity contribution is 7.99. The first kappa shape index (κ1) is 26.2. The minimum atomic E-state index is -1.40. The second-order valence-electron chi connectivity index (χ2n) is 10.3. The van der Waals surface area contributed by atoms with Gasteiger partial charge in [0.1, 0.15) is 29.9 Å². The van der Waals surface area contributed by atoms with E-state index in [4.69, 9.17) is 4.74 Å². The van der Waals surface area contributed by atoms with Crippen molar-refractivity contribution in [3.8, 4) is 0 Å². The van der Waals surface area contributed by atoms with Crippen LogP contribution in [0.4, 0.5) is 0 Å². The van der Waals surface area contributed by atoms with Gasteiger partial charge in [-0.2, -0.15) is 0 Å². The molecule has 8 heteroatoms. The fourth-order valence-electron chi connectivity index (χ4n) is 5.86. The van der Waals surface area contributed by atoms with Gasteiger partial charge in [-0.1, -0.05) is 57.8 Å². The Morgan fingerprint density at radius 2 is 1.62 bits per heavy atom. The summed E-state index contributed by atoms with van der Waals surface area (Å²) in [5.74, 6) is 1.21. The van der Waals surface area contributed by atoms with E-state index < -0.39 is 42.0 Å². The highest BCUT2D eigenvalue weighted by atomic mass is 32.2. The predicted octanol–water partition coefficient (Wildman–Crippen LogP) is 2.19. The third-order valence-electron chi connectivity index (χ3n) is 7.88. The second-order valence-corrected chi connectivity index (χ2v) is 11.2. The zero-order valence-corrected chi connectivity index (χ0v) is 20.4. The Bertz CT molecular complexity index is 585. The third-order valence-corrected chi connectivity index (χ3v) is 8.74. The van der Waals surface area contributed by atoms with Gasteiger partial charge in [0, 0.05) is 5.92 Å². The zero-order chi connectivity index (χ0) is 23.3. The van der Waals surface area contributed by atoms with Crippen LogP contribution in [0.2, 0.25) is 0 Å². The quantitative estimate of drug-likeness (QED) is 0.367. The maximum atomic E-state index is 13.1. The standard InChI is InChI=1S/C24H43NO6S/c1-14(26)18(22-20(28)19(27)21(29)24(31-22)32-2)25-23(30)17-10-6-9-16(13-17)12-11-15-7-4-3-5-8-15/h14-22,24,26-29H,3-13H2,1-2H3,(H,25,30)/t14-,16?,17?,18+,19-,20+,21+,22+,24+/m0/s1. The first-order chi connectivity index (χ1) is 15.3. The van der Waals surface area contributed by atoms with Gasteiger partial charge in [0.05, 0.1) is 12.1 Å². The Labute approximate surface area is 196 Å². The summed E-state index contributed by atoms with van der Waals surface area (Å²) < 4.78 is 5.80. The Morgan fingerprint density at radius 1 is 0.969 bits per heavy atom. The molecule has 3 aliphatic rings. The molecule has 1 aliphatic heterocycles. The molecule has 2 aliphatic carbocycles. The fraction of sp³-hybridized carbons (Fsp3) is 0.958. The highest BCUT2D eigenvalue weighted by Crippen LogP contribution is 2.36. The average molecular weight is 474 g/mol. The second kappa shape index (κ2) is 12.4. The van der Waals surface area contributed by atoms with Crippen molar-refractivity contribution >= 4 is 17.7 Å². The molecular formula is C24H43NO6S. The molecule has 0 aromatic heterocycles. The van der Waals surface area contributed by atoms with Crippen LogP contribution in [0, 0.1) is 17.8 Å². The van der Waals surface area contributed by atoms with E-state index in [1.807, 2.05) is 0 Å². The Hall–Kier alpha value is -0.380. The van der Waals surface area contributed by atoms with Gasteiger partial charge in [0.2, 0.25) is 5.91 Å². The van der Waals surface area contributed by atoms with Crippen LogP contribution >= 0.6 is 11.8 Å². The lowest BCUT2D eigenvalue weighted by Gasteiger charge is -2.44. The third kappa shape index (κ3) is 6.60. The maximum absolute atomic E-state index is 13.1. The number of hydrogen-bond acceptors (Lipinski definition) is 7. The molecule has 2 saturated carbocycles. The molecule has 2 unspecified atom stereocenters. The molecular weight excluding hydrogens is 430 g/mol. The van der Waals surface area contributed by atoms with Crippen LogP contribution in [0.1, 0.15) is 77.6 Å². The van der Waals surface area contributed by atoms with Crippen molar-refractivity contribution < 1.29 is 30.0 Å². The summed E-state index contributed by atoms with van der Waals surface area (Å²) in [4.78, 5) is 13.1. The highest BCUT2D eigenvalue weighted by Gasteiger charge is 2.48. The van der Waals surface area contributed by atoms with Gasteiger partial charge in [-0.05, 0) is 37.9 Å². The van der Waals surface area contributed by atoms with Gasteiger partial charge < -0.3 is 30.5 Å². The number of aliphatic hydroxyl groups excluding tert-OH is 4. The molecule has 1 amide bonds. The fourth-order valence-corrected chi connectivity index (χ4v) is 6.54. The first-order valence-corrected chi connectivity index (χ1v) is 13.8. The molecule has 5 N–H and O–H groups in total. The molecule has 3 fully saturated rings. The molecule has 7 nitrogen and oxygen atoms in total. The molecule has 9 atom stereocenters. The molecule has 3 rings (SSSR count). The van der Waals surface area contributed by atoms with E-state index in [0.717, 1.165) is 25.2 Å². The van der Waals surface area contributed by atoms with E-state index in [2.05, 4.69) is 5.32 Å². The number of ether oxygens (including phenoxy) is 1. The summed E-state index contributed by atoms with van der Waals surface area (Å²) in [7, 11) is 0. The normalized spacial score (nSPS) is 38.8. The van der Waals surface area contributed by atoms with E-state index in [9.17, 15) is 25.2 Å². The molecule has 0 radical (unpaired) electrons. The van der Waals surface area contributed by atoms with E-state index in [0.29, 0.717) is 5.92 Å². The number of nitrogens with one attached hydrogen (secondary N) is 1. The number of rotatable bonds is 8. The van der Waals surface area contributed by atoms with Crippen LogP contribution in [0.3, 0.4) is 0 Å². The minimum absolute atomic E-state index is 0.103. The number of carbonyl (C=O) groups excluding carboxylic acids is 1. The van der Waals surface area contributed by atoms with Gasteiger partial charge in [0.15, 0.2) is 0 Å². The van der Waals surface area contributed by atoms with E-state index in [1.165, 1.54) is 63.1 Å². The SMILES string of the molecule is CS[C@H]1O[C@H]([C@H](NC(=O)C2CCCC(CCC3CCCCC3)C2)[C@H](C)O)[C@H](O)[C@H](O)[C@H]1O. The van der Waals surface area contributed by atoms with E-state index >= 15 is 0 Å². The number of thioether (sulfide) groups is 1. The summed E-state index contributed by atoms with van der Waals surface area (Å²) in [6.45, 7) is 1.54. The van der Waals surface area contributed by atoms with Crippen molar-refractivity contribution in [3.63, 3.8) is 0 Å². The average Bonchev–Trinajstić information content (AvgIpc) is 2.81. The summed E-state index contributed by atoms with van der Waals surface area (Å²) in [6.07, 6.45) is 8.92. The molecule has 0 spiro atoms. The van der Waals surface area contributed by atoms with Crippen molar-refractivity contribution in [3.05, 3.63) is 0 Å². The lowest BCUT2D eigenvalue weighted by Crippen LogP contribution is -2.65. The molecule has 186 valence electrons. The lowest BCUT2D eigenvalue weighted by molar-refractivity contribution is -0.211. The molecule has 0 bridgehead atoms. The summed E-state index contributed by atoms with van der Waals surface area (Å²) in [5, 5.41) is 44.1. The monoisotopic (exact) mass is 473 g/mol. The van der Waals surface area contributed by atoms with Gasteiger partial charge in [0.25, 0.3) is 0 Å². The van der Waals surface area contributed by atoms with Crippen molar-refractivity contribution in [2.24, 2.45) is 17.8 Å². The van der Waals surface area contributed by atoms with Crippen LogP contribution in [-0.4, -0.2) is 74.6 Å². The largest absolute Gasteiger partial charge is 0.391 e. The van der Waals surface area contributed by atoms with Gasteiger partial charge >= 0.3 is 0 Å². The number of amides is 1. The Kier molecular flexibility index (Phi) is 10.1. The van der Waals surface area contributed by atoms with Crippen molar-refractivity contribution in [2.75, 3.05) is 6.26 Å². The smallest absolute Gasteiger partial charge is 0.223 e. The lowest BCUT2D eigenvalue weighted by atomic mass is 9.76. The van der Waals surface area contributed by atoms with Crippen molar-refractivity contribution in [1.82, 2.24) is 5.32 Å². The van der Waals surface area contributed by atoms with Crippen molar-refractivity contribution in [2.45, 2.75) is 120 Å². The first-order valence-electron chi connectivity index (χ1n) is 12.5. The molecule has 1 saturated heterocycles. The van der Waals surface area contributed by atoms with Crippen LogP contribution in [0.25, 0.3) is 0 Å². The molecule has 0 aromatic rings. The molecule has 32 heavy (non-hydrogen) atoms. The number of carbonyl (C=O) groups is 1. The van der Waals surface area contributed by atoms with Crippen LogP contribution in [0.5, 0.6) is 0 Å². The summed E-state index contributed by atoms with van der Waals surface area (Å²) >= 11 is 1.22. The van der Waals surface area contributed by atoms with E-state index in [-0.39, 0.29) is 11.8 Å². The number of hydrogen-bond donors (Lipinski definition) is 5. The summed E-state index contributed by atoms with van der Waals surface area (Å²) in [5.41, 5.74) is -0.740. The maximum Gasteiger partial charge on any atom is 0.223 e. The molecule has 1 heterocycles. The Morgan fingerprint density at radius 3 is 2.28 bits per heavy atom. The van der Waals surface area contributed by atoms with Gasteiger partial charge in [-0.25, -0.2) is 0 Å². The molecule has 0 aromatic carbocycles. The number of aliphatic hydroxyl groups is 4. The van der Waals surface area contributed by atoms with Gasteiger partial charge in [-0.15, -0.1) is 11.8 Å². The minimum Gasteiger partial charge on any atom is -0.391 e. The Balaban J connectivity index is 1.56. The predicted molar refractivity (Wildman–Crippen MR) is 125 cm³/mol. The van der Waals surface area contributed by atoms with E-state index in [1.54, 1.807) is 13.2 Å². The zero-order valence-electron chi connectivity index (χ0n) is 19.6. The van der Waals surface area contributed by atoms with Crippen LogP contribution in [-0.2, 0) is 9.53 Å². The van der Waals surface area contributed by atoms with Crippen molar-refractivity contribution in [1.29, 1.82) is 0 Å². The topological polar surface area (TPSA) is 119 Å². The summed E-state index contributed by atoms with van der Waals surface area (Å²) in [6, 6.07) is -0.864.